The van der Waals surface area contributed by atoms with Crippen molar-refractivity contribution in [3.05, 3.63) is 24.3 Å². The second-order valence-corrected chi connectivity index (χ2v) is 4.70. The zero-order valence-electron chi connectivity index (χ0n) is 10.1. The Morgan fingerprint density at radius 1 is 1.25 bits per heavy atom. The van der Waals surface area contributed by atoms with E-state index in [1.54, 1.807) is 0 Å². The summed E-state index contributed by atoms with van der Waals surface area (Å²) in [6.45, 7) is 7.69. The molecule has 1 aromatic heterocycles. The van der Waals surface area contributed by atoms with Crippen LogP contribution in [0.15, 0.2) is 24.3 Å². The number of aromatic nitrogens is 2. The average molecular weight is 217 g/mol. The van der Waals surface area contributed by atoms with Gasteiger partial charge in [-0.2, -0.15) is 0 Å². The van der Waals surface area contributed by atoms with Crippen LogP contribution in [-0.2, 0) is 0 Å². The minimum Gasteiger partial charge on any atom is -0.356 e. The Morgan fingerprint density at radius 2 is 2.00 bits per heavy atom. The molecule has 0 saturated carbocycles. The summed E-state index contributed by atoms with van der Waals surface area (Å²) in [5.41, 5.74) is 2.10. The molecule has 1 atom stereocenters. The third-order valence-electron chi connectivity index (χ3n) is 3.12. The first-order valence-corrected chi connectivity index (χ1v) is 5.85. The second-order valence-electron chi connectivity index (χ2n) is 4.70. The molecule has 2 N–H and O–H groups in total. The molecule has 86 valence electrons. The Labute approximate surface area is 96.3 Å². The molecule has 0 aliphatic rings. The minimum absolute atomic E-state index is 0.646. The number of nitrogens with zero attached hydrogens (tertiary/aromatic N) is 1. The van der Waals surface area contributed by atoms with E-state index in [9.17, 15) is 0 Å². The summed E-state index contributed by atoms with van der Waals surface area (Å²) >= 11 is 0. The molecule has 0 aliphatic heterocycles. The molecular weight excluding hydrogens is 198 g/mol. The standard InChI is InChI=1S/C13H19N3/c1-9(2)10(3)8-14-13-15-11-6-4-5-7-12(11)16-13/h4-7,9-10H,8H2,1-3H3,(H2,14,15,16). The third-order valence-corrected chi connectivity index (χ3v) is 3.12. The van der Waals surface area contributed by atoms with Crippen LogP contribution < -0.4 is 5.32 Å². The van der Waals surface area contributed by atoms with Gasteiger partial charge < -0.3 is 10.3 Å². The van der Waals surface area contributed by atoms with Crippen molar-refractivity contribution in [3.63, 3.8) is 0 Å². The van der Waals surface area contributed by atoms with Gasteiger partial charge in [-0.25, -0.2) is 4.98 Å². The van der Waals surface area contributed by atoms with Crippen molar-refractivity contribution in [3.8, 4) is 0 Å². The molecule has 0 radical (unpaired) electrons. The molecule has 1 unspecified atom stereocenters. The van der Waals surface area contributed by atoms with Crippen LogP contribution in [0.3, 0.4) is 0 Å². The van der Waals surface area contributed by atoms with Gasteiger partial charge in [0.05, 0.1) is 11.0 Å². The predicted octanol–water partition coefficient (Wildman–Crippen LogP) is 3.27. The summed E-state index contributed by atoms with van der Waals surface area (Å²) in [5.74, 6) is 2.21. The molecule has 0 spiro atoms. The van der Waals surface area contributed by atoms with Crippen molar-refractivity contribution < 1.29 is 0 Å². The molecule has 16 heavy (non-hydrogen) atoms. The van der Waals surface area contributed by atoms with E-state index in [-0.39, 0.29) is 0 Å². The summed E-state index contributed by atoms with van der Waals surface area (Å²) in [7, 11) is 0. The van der Waals surface area contributed by atoms with Crippen LogP contribution >= 0.6 is 0 Å². The summed E-state index contributed by atoms with van der Waals surface area (Å²) in [5, 5.41) is 3.35. The fourth-order valence-corrected chi connectivity index (χ4v) is 1.53. The van der Waals surface area contributed by atoms with E-state index in [1.165, 1.54) is 0 Å². The van der Waals surface area contributed by atoms with Gasteiger partial charge in [-0.05, 0) is 24.0 Å². The number of fused-ring (bicyclic) bond motifs is 1. The van der Waals surface area contributed by atoms with Crippen LogP contribution in [0.1, 0.15) is 20.8 Å². The van der Waals surface area contributed by atoms with Crippen LogP contribution in [0.5, 0.6) is 0 Å². The first kappa shape index (κ1) is 11.0. The Kier molecular flexibility index (Phi) is 3.13. The van der Waals surface area contributed by atoms with Crippen molar-refractivity contribution in [2.45, 2.75) is 20.8 Å². The van der Waals surface area contributed by atoms with E-state index in [1.807, 2.05) is 24.3 Å². The maximum absolute atomic E-state index is 4.48. The Bertz CT molecular complexity index is 426. The number of benzene rings is 1. The van der Waals surface area contributed by atoms with Crippen molar-refractivity contribution in [2.24, 2.45) is 11.8 Å². The van der Waals surface area contributed by atoms with Crippen LogP contribution in [0.4, 0.5) is 5.95 Å². The Balaban J connectivity index is 2.05. The van der Waals surface area contributed by atoms with Gasteiger partial charge in [0.1, 0.15) is 0 Å². The number of aromatic amines is 1. The summed E-state index contributed by atoms with van der Waals surface area (Å²) in [6, 6.07) is 8.08. The fourth-order valence-electron chi connectivity index (χ4n) is 1.53. The highest BCUT2D eigenvalue weighted by Gasteiger charge is 2.07. The number of nitrogens with one attached hydrogen (secondary N) is 2. The van der Waals surface area contributed by atoms with Crippen LogP contribution in [0, 0.1) is 11.8 Å². The maximum atomic E-state index is 4.48. The van der Waals surface area contributed by atoms with E-state index < -0.39 is 0 Å². The zero-order chi connectivity index (χ0) is 11.5. The molecule has 0 aliphatic carbocycles. The van der Waals surface area contributed by atoms with E-state index in [2.05, 4.69) is 36.1 Å². The lowest BCUT2D eigenvalue weighted by Gasteiger charge is -2.15. The van der Waals surface area contributed by atoms with Gasteiger partial charge in [0, 0.05) is 6.54 Å². The number of rotatable bonds is 4. The Hall–Kier alpha value is -1.51. The van der Waals surface area contributed by atoms with E-state index in [0.717, 1.165) is 23.5 Å². The molecule has 3 nitrogen and oxygen atoms in total. The molecule has 0 fully saturated rings. The van der Waals surface area contributed by atoms with E-state index >= 15 is 0 Å². The van der Waals surface area contributed by atoms with Crippen molar-refractivity contribution in [1.29, 1.82) is 0 Å². The minimum atomic E-state index is 0.646. The molecule has 2 rings (SSSR count). The third kappa shape index (κ3) is 2.35. The van der Waals surface area contributed by atoms with Gasteiger partial charge in [-0.3, -0.25) is 0 Å². The molecule has 1 heterocycles. The van der Waals surface area contributed by atoms with Gasteiger partial charge in [0.15, 0.2) is 0 Å². The summed E-state index contributed by atoms with van der Waals surface area (Å²) < 4.78 is 0. The largest absolute Gasteiger partial charge is 0.356 e. The number of hydrogen-bond acceptors (Lipinski definition) is 2. The lowest BCUT2D eigenvalue weighted by atomic mass is 9.98. The zero-order valence-corrected chi connectivity index (χ0v) is 10.1. The van der Waals surface area contributed by atoms with Crippen molar-refractivity contribution in [2.75, 3.05) is 11.9 Å². The van der Waals surface area contributed by atoms with Crippen LogP contribution in [-0.4, -0.2) is 16.5 Å². The number of imidazole rings is 1. The molecule has 0 amide bonds. The van der Waals surface area contributed by atoms with Crippen LogP contribution in [0.25, 0.3) is 11.0 Å². The van der Waals surface area contributed by atoms with Gasteiger partial charge >= 0.3 is 0 Å². The lowest BCUT2D eigenvalue weighted by Crippen LogP contribution is -2.16. The quantitative estimate of drug-likeness (QED) is 0.825. The van der Waals surface area contributed by atoms with Crippen molar-refractivity contribution in [1.82, 2.24) is 9.97 Å². The highest BCUT2D eigenvalue weighted by molar-refractivity contribution is 5.77. The fraction of sp³-hybridized carbons (Fsp3) is 0.462. The van der Waals surface area contributed by atoms with Gasteiger partial charge in [-0.1, -0.05) is 32.9 Å². The molecule has 3 heteroatoms. The monoisotopic (exact) mass is 217 g/mol. The second kappa shape index (κ2) is 4.56. The molecule has 1 aromatic carbocycles. The average Bonchev–Trinajstić information content (AvgIpc) is 2.68. The first-order valence-electron chi connectivity index (χ1n) is 5.85. The molecular formula is C13H19N3. The number of H-pyrrole nitrogens is 1. The van der Waals surface area contributed by atoms with E-state index in [0.29, 0.717) is 11.8 Å². The number of hydrogen-bond donors (Lipinski definition) is 2. The van der Waals surface area contributed by atoms with Crippen LogP contribution in [0.2, 0.25) is 0 Å². The van der Waals surface area contributed by atoms with Gasteiger partial charge in [-0.15, -0.1) is 0 Å². The van der Waals surface area contributed by atoms with E-state index in [4.69, 9.17) is 0 Å². The molecule has 2 aromatic rings. The topological polar surface area (TPSA) is 40.7 Å². The highest BCUT2D eigenvalue weighted by Crippen LogP contribution is 2.15. The number of anilines is 1. The van der Waals surface area contributed by atoms with Gasteiger partial charge in [0.25, 0.3) is 0 Å². The SMILES string of the molecule is CC(C)C(C)CNc1nc2ccccc2[nH]1. The predicted molar refractivity (Wildman–Crippen MR) is 68.6 cm³/mol. The highest BCUT2D eigenvalue weighted by atomic mass is 15.1. The smallest absolute Gasteiger partial charge is 0.201 e. The molecule has 0 bridgehead atoms. The Morgan fingerprint density at radius 3 is 2.69 bits per heavy atom. The van der Waals surface area contributed by atoms with Gasteiger partial charge in [0.2, 0.25) is 5.95 Å². The summed E-state index contributed by atoms with van der Waals surface area (Å²) in [4.78, 5) is 7.74. The maximum Gasteiger partial charge on any atom is 0.201 e. The normalized spacial score (nSPS) is 13.2. The number of para-hydroxylation sites is 2. The van der Waals surface area contributed by atoms with Crippen molar-refractivity contribution >= 4 is 17.0 Å². The lowest BCUT2D eigenvalue weighted by molar-refractivity contribution is 0.439. The molecule has 0 saturated heterocycles. The summed E-state index contributed by atoms with van der Waals surface area (Å²) in [6.07, 6.45) is 0. The first-order chi connectivity index (χ1) is 7.66.